The van der Waals surface area contributed by atoms with Crippen molar-refractivity contribution in [3.8, 4) is 0 Å². The van der Waals surface area contributed by atoms with Crippen molar-refractivity contribution < 1.29 is 4.79 Å². The molecule has 4 aromatic rings. The predicted molar refractivity (Wildman–Crippen MR) is 105 cm³/mol. The fraction of sp³-hybridized carbons (Fsp3) is 0. The van der Waals surface area contributed by atoms with Crippen LogP contribution in [0.2, 0.25) is 0 Å². The number of carbonyl (C=O) groups is 1. The molecule has 0 radical (unpaired) electrons. The molecule has 2 heterocycles. The molecule has 0 aliphatic heterocycles. The highest BCUT2D eigenvalue weighted by atomic mass is 16.2. The van der Waals surface area contributed by atoms with Gasteiger partial charge in [0.25, 0.3) is 5.91 Å². The summed E-state index contributed by atoms with van der Waals surface area (Å²) in [5.41, 5.74) is 5.19. The lowest BCUT2D eigenvalue weighted by Gasteiger charge is -1.99. The average molecular weight is 340 g/mol. The number of hydrazone groups is 1. The quantitative estimate of drug-likeness (QED) is 0.433. The number of H-pyrrole nitrogens is 1. The van der Waals surface area contributed by atoms with Gasteiger partial charge in [-0.05, 0) is 29.2 Å². The minimum Gasteiger partial charge on any atom is -0.360 e. The maximum atomic E-state index is 11.9. The number of aromatic nitrogens is 2. The van der Waals surface area contributed by atoms with Crippen LogP contribution in [-0.2, 0) is 0 Å². The molecule has 0 aliphatic carbocycles. The zero-order chi connectivity index (χ0) is 17.8. The van der Waals surface area contributed by atoms with Crippen LogP contribution in [0.25, 0.3) is 27.8 Å². The van der Waals surface area contributed by atoms with Gasteiger partial charge in [0, 0.05) is 41.1 Å². The van der Waals surface area contributed by atoms with E-state index >= 15 is 0 Å². The molecular weight excluding hydrogens is 324 g/mol. The molecule has 0 fully saturated rings. The van der Waals surface area contributed by atoms with Crippen LogP contribution >= 0.6 is 0 Å². The molecule has 0 aliphatic rings. The monoisotopic (exact) mass is 340 g/mol. The normalized spacial score (nSPS) is 11.7. The van der Waals surface area contributed by atoms with Crippen LogP contribution in [0.4, 0.5) is 0 Å². The van der Waals surface area contributed by atoms with E-state index in [-0.39, 0.29) is 5.91 Å². The van der Waals surface area contributed by atoms with Crippen molar-refractivity contribution in [3.63, 3.8) is 0 Å². The Morgan fingerprint density at radius 2 is 1.88 bits per heavy atom. The van der Waals surface area contributed by atoms with E-state index in [4.69, 9.17) is 0 Å². The minimum atomic E-state index is -0.268. The number of amides is 1. The number of nitrogens with one attached hydrogen (secondary N) is 2. The van der Waals surface area contributed by atoms with Gasteiger partial charge < -0.3 is 4.98 Å². The molecule has 2 N–H and O–H groups in total. The van der Waals surface area contributed by atoms with Crippen LogP contribution in [0.5, 0.6) is 0 Å². The zero-order valence-corrected chi connectivity index (χ0v) is 13.9. The molecule has 1 amide bonds. The fourth-order valence-corrected chi connectivity index (χ4v) is 2.89. The molecule has 4 rings (SSSR count). The molecule has 2 aromatic carbocycles. The van der Waals surface area contributed by atoms with E-state index in [0.717, 1.165) is 16.5 Å². The van der Waals surface area contributed by atoms with Crippen molar-refractivity contribution in [2.24, 2.45) is 5.10 Å². The molecule has 26 heavy (non-hydrogen) atoms. The molecule has 0 spiro atoms. The lowest BCUT2D eigenvalue weighted by molar-refractivity contribution is 0.0955. The van der Waals surface area contributed by atoms with Gasteiger partial charge in [-0.15, -0.1) is 0 Å². The van der Waals surface area contributed by atoms with E-state index < -0.39 is 0 Å². The Morgan fingerprint density at radius 3 is 2.77 bits per heavy atom. The summed E-state index contributed by atoms with van der Waals surface area (Å²) < 4.78 is 0. The van der Waals surface area contributed by atoms with E-state index in [1.165, 1.54) is 10.8 Å². The number of allylic oxidation sites excluding steroid dienone is 1. The first kappa shape index (κ1) is 15.8. The standard InChI is InChI=1S/C21H16N4O/c26-21(16-9-12-22-13-10-16)25-24-11-3-5-17-14-23-20-18-6-2-1-4-15(18)7-8-19(17)20/h1-14,23H,(H,25,26)/b5-3-,24-11?. The third kappa shape index (κ3) is 3.10. The van der Waals surface area contributed by atoms with Crippen molar-refractivity contribution in [1.29, 1.82) is 0 Å². The minimum absolute atomic E-state index is 0.268. The number of pyridine rings is 1. The maximum Gasteiger partial charge on any atom is 0.271 e. The number of carbonyl (C=O) groups excluding carboxylic acids is 1. The summed E-state index contributed by atoms with van der Waals surface area (Å²) in [6.07, 6.45) is 10.4. The highest BCUT2D eigenvalue weighted by Crippen LogP contribution is 2.27. The summed E-state index contributed by atoms with van der Waals surface area (Å²) in [7, 11) is 0. The van der Waals surface area contributed by atoms with Crippen LogP contribution < -0.4 is 5.43 Å². The van der Waals surface area contributed by atoms with Gasteiger partial charge in [-0.25, -0.2) is 5.43 Å². The smallest absolute Gasteiger partial charge is 0.271 e. The number of fused-ring (bicyclic) bond motifs is 3. The summed E-state index contributed by atoms with van der Waals surface area (Å²) in [4.78, 5) is 19.1. The first-order valence-corrected chi connectivity index (χ1v) is 8.22. The number of rotatable bonds is 4. The number of benzene rings is 2. The van der Waals surface area contributed by atoms with Crippen molar-refractivity contribution in [1.82, 2.24) is 15.4 Å². The largest absolute Gasteiger partial charge is 0.360 e. The van der Waals surface area contributed by atoms with E-state index in [2.05, 4.69) is 44.8 Å². The lowest BCUT2D eigenvalue weighted by atomic mass is 10.1. The fourth-order valence-electron chi connectivity index (χ4n) is 2.89. The third-order valence-electron chi connectivity index (χ3n) is 4.16. The average Bonchev–Trinajstić information content (AvgIpc) is 3.12. The van der Waals surface area contributed by atoms with E-state index in [1.54, 1.807) is 36.8 Å². The SMILES string of the molecule is O=C(NN=C/C=C\c1c[nH]c2c1ccc1ccccc12)c1ccncc1. The molecule has 2 aromatic heterocycles. The number of hydrogen-bond acceptors (Lipinski definition) is 3. The molecule has 0 bridgehead atoms. The van der Waals surface area contributed by atoms with Crippen LogP contribution in [0.1, 0.15) is 15.9 Å². The molecule has 0 atom stereocenters. The van der Waals surface area contributed by atoms with E-state index in [1.807, 2.05) is 24.4 Å². The van der Waals surface area contributed by atoms with Gasteiger partial charge in [-0.3, -0.25) is 9.78 Å². The van der Waals surface area contributed by atoms with Gasteiger partial charge in [0.15, 0.2) is 0 Å². The van der Waals surface area contributed by atoms with Crippen molar-refractivity contribution in [2.45, 2.75) is 0 Å². The summed E-state index contributed by atoms with van der Waals surface area (Å²) in [6.45, 7) is 0. The van der Waals surface area contributed by atoms with Crippen LogP contribution in [-0.4, -0.2) is 22.1 Å². The molecular formula is C21H16N4O. The van der Waals surface area contributed by atoms with Gasteiger partial charge in [-0.2, -0.15) is 5.10 Å². The van der Waals surface area contributed by atoms with Crippen LogP contribution in [0.3, 0.4) is 0 Å². The Bertz CT molecular complexity index is 1130. The summed E-state index contributed by atoms with van der Waals surface area (Å²) >= 11 is 0. The molecule has 0 saturated heterocycles. The third-order valence-corrected chi connectivity index (χ3v) is 4.16. The second kappa shape index (κ2) is 7.03. The Kier molecular flexibility index (Phi) is 4.26. The van der Waals surface area contributed by atoms with E-state index in [0.29, 0.717) is 5.56 Å². The van der Waals surface area contributed by atoms with Crippen molar-refractivity contribution in [3.05, 3.63) is 84.3 Å². The maximum absolute atomic E-state index is 11.9. The number of nitrogens with zero attached hydrogens (tertiary/aromatic N) is 2. The molecule has 126 valence electrons. The van der Waals surface area contributed by atoms with Crippen LogP contribution in [0.15, 0.2) is 78.3 Å². The second-order valence-electron chi connectivity index (χ2n) is 5.77. The summed E-state index contributed by atoms with van der Waals surface area (Å²) in [6, 6.07) is 15.8. The Balaban J connectivity index is 1.49. The highest BCUT2D eigenvalue weighted by Gasteiger charge is 2.04. The zero-order valence-electron chi connectivity index (χ0n) is 13.9. The van der Waals surface area contributed by atoms with Crippen molar-refractivity contribution >= 4 is 39.9 Å². The molecule has 0 saturated carbocycles. The second-order valence-corrected chi connectivity index (χ2v) is 5.77. The summed E-state index contributed by atoms with van der Waals surface area (Å²) in [5.74, 6) is -0.268. The van der Waals surface area contributed by atoms with Gasteiger partial charge >= 0.3 is 0 Å². The Hall–Kier alpha value is -3.73. The topological polar surface area (TPSA) is 70.1 Å². The summed E-state index contributed by atoms with van der Waals surface area (Å²) in [5, 5.41) is 7.49. The number of aromatic amines is 1. The Morgan fingerprint density at radius 1 is 1.04 bits per heavy atom. The Labute approximate surface area is 150 Å². The molecule has 0 unspecified atom stereocenters. The molecule has 5 heteroatoms. The molecule has 5 nitrogen and oxygen atoms in total. The van der Waals surface area contributed by atoms with E-state index in [9.17, 15) is 4.79 Å². The van der Waals surface area contributed by atoms with Gasteiger partial charge in [-0.1, -0.05) is 42.5 Å². The first-order chi connectivity index (χ1) is 12.8. The van der Waals surface area contributed by atoms with Gasteiger partial charge in [0.2, 0.25) is 0 Å². The van der Waals surface area contributed by atoms with Crippen LogP contribution in [0, 0.1) is 0 Å². The first-order valence-electron chi connectivity index (χ1n) is 8.22. The van der Waals surface area contributed by atoms with Crippen molar-refractivity contribution in [2.75, 3.05) is 0 Å². The van der Waals surface area contributed by atoms with Gasteiger partial charge in [0.05, 0.1) is 5.52 Å². The number of hydrogen-bond donors (Lipinski definition) is 2. The predicted octanol–water partition coefficient (Wildman–Crippen LogP) is 4.15. The highest BCUT2D eigenvalue weighted by molar-refractivity contribution is 6.08. The van der Waals surface area contributed by atoms with Gasteiger partial charge in [0.1, 0.15) is 0 Å². The lowest BCUT2D eigenvalue weighted by Crippen LogP contribution is -2.17.